The molecule has 0 atom stereocenters. The SMILES string of the molecule is Cc1nc(CNC(=O)N2CCN(c3ncccn3)CC2)cs1. The molecule has 0 saturated carbocycles. The molecule has 2 aromatic rings. The second kappa shape index (κ2) is 6.69. The summed E-state index contributed by atoms with van der Waals surface area (Å²) < 4.78 is 0. The number of amides is 2. The summed E-state index contributed by atoms with van der Waals surface area (Å²) in [5, 5.41) is 5.91. The summed E-state index contributed by atoms with van der Waals surface area (Å²) in [5.74, 6) is 0.723. The van der Waals surface area contributed by atoms with Crippen LogP contribution in [-0.2, 0) is 6.54 Å². The fourth-order valence-electron chi connectivity index (χ4n) is 2.33. The van der Waals surface area contributed by atoms with E-state index in [1.165, 1.54) is 0 Å². The maximum Gasteiger partial charge on any atom is 0.317 e. The van der Waals surface area contributed by atoms with E-state index in [9.17, 15) is 4.79 Å². The van der Waals surface area contributed by atoms with Crippen LogP contribution >= 0.6 is 11.3 Å². The van der Waals surface area contributed by atoms with Crippen LogP contribution in [0.15, 0.2) is 23.8 Å². The second-order valence-electron chi connectivity index (χ2n) is 5.04. The molecule has 0 bridgehead atoms. The fourth-order valence-corrected chi connectivity index (χ4v) is 2.94. The average molecular weight is 318 g/mol. The summed E-state index contributed by atoms with van der Waals surface area (Å²) >= 11 is 1.59. The Labute approximate surface area is 133 Å². The van der Waals surface area contributed by atoms with Crippen LogP contribution < -0.4 is 10.2 Å². The summed E-state index contributed by atoms with van der Waals surface area (Å²) in [6.07, 6.45) is 3.47. The van der Waals surface area contributed by atoms with Gasteiger partial charge in [0.15, 0.2) is 0 Å². The van der Waals surface area contributed by atoms with Crippen molar-refractivity contribution in [2.45, 2.75) is 13.5 Å². The number of nitrogens with one attached hydrogen (secondary N) is 1. The quantitative estimate of drug-likeness (QED) is 0.922. The minimum Gasteiger partial charge on any atom is -0.337 e. The van der Waals surface area contributed by atoms with Crippen LogP contribution in [0.4, 0.5) is 10.7 Å². The topological polar surface area (TPSA) is 74.2 Å². The van der Waals surface area contributed by atoms with Crippen molar-refractivity contribution in [1.82, 2.24) is 25.2 Å². The van der Waals surface area contributed by atoms with E-state index in [1.54, 1.807) is 29.8 Å². The van der Waals surface area contributed by atoms with Gasteiger partial charge in [-0.2, -0.15) is 0 Å². The highest BCUT2D eigenvalue weighted by Gasteiger charge is 2.22. The van der Waals surface area contributed by atoms with Gasteiger partial charge >= 0.3 is 6.03 Å². The van der Waals surface area contributed by atoms with E-state index in [2.05, 4.69) is 25.2 Å². The Morgan fingerprint density at radius 1 is 1.27 bits per heavy atom. The maximum atomic E-state index is 12.2. The predicted molar refractivity (Wildman–Crippen MR) is 84.9 cm³/mol. The summed E-state index contributed by atoms with van der Waals surface area (Å²) in [4.78, 5) is 28.9. The third-order valence-corrected chi connectivity index (χ3v) is 4.31. The Morgan fingerprint density at radius 2 is 2.00 bits per heavy atom. The number of carbonyl (C=O) groups is 1. The highest BCUT2D eigenvalue weighted by Crippen LogP contribution is 2.10. The van der Waals surface area contributed by atoms with Crippen LogP contribution in [0.1, 0.15) is 10.7 Å². The molecule has 0 aromatic carbocycles. The number of piperazine rings is 1. The number of rotatable bonds is 3. The molecule has 0 spiro atoms. The molecule has 116 valence electrons. The standard InChI is InChI=1S/C14H18N6OS/c1-11-18-12(10-22-11)9-17-14(21)20-7-5-19(6-8-20)13-15-3-2-4-16-13/h2-4,10H,5-9H2,1H3,(H,17,21). The number of carbonyl (C=O) groups excluding carboxylic acids is 1. The first-order valence-corrected chi connectivity index (χ1v) is 8.06. The molecular weight excluding hydrogens is 300 g/mol. The molecule has 3 rings (SSSR count). The Kier molecular flexibility index (Phi) is 4.47. The van der Waals surface area contributed by atoms with E-state index >= 15 is 0 Å². The molecule has 2 aromatic heterocycles. The van der Waals surface area contributed by atoms with Gasteiger partial charge < -0.3 is 15.1 Å². The van der Waals surface area contributed by atoms with Crippen molar-refractivity contribution in [2.24, 2.45) is 0 Å². The maximum absolute atomic E-state index is 12.2. The molecule has 1 aliphatic rings. The van der Waals surface area contributed by atoms with E-state index in [0.29, 0.717) is 19.6 Å². The lowest BCUT2D eigenvalue weighted by Crippen LogP contribution is -2.52. The number of urea groups is 1. The number of anilines is 1. The zero-order chi connectivity index (χ0) is 15.4. The highest BCUT2D eigenvalue weighted by molar-refractivity contribution is 7.09. The highest BCUT2D eigenvalue weighted by atomic mass is 32.1. The van der Waals surface area contributed by atoms with Crippen molar-refractivity contribution in [3.63, 3.8) is 0 Å². The normalized spacial score (nSPS) is 15.0. The molecule has 1 N–H and O–H groups in total. The predicted octanol–water partition coefficient (Wildman–Crippen LogP) is 1.27. The summed E-state index contributed by atoms with van der Waals surface area (Å²) in [6.45, 7) is 5.26. The molecule has 0 aliphatic carbocycles. The van der Waals surface area contributed by atoms with Crippen molar-refractivity contribution in [1.29, 1.82) is 0 Å². The molecule has 0 unspecified atom stereocenters. The molecule has 22 heavy (non-hydrogen) atoms. The van der Waals surface area contributed by atoms with Crippen molar-refractivity contribution in [3.8, 4) is 0 Å². The molecular formula is C14H18N6OS. The number of hydrogen-bond acceptors (Lipinski definition) is 6. The average Bonchev–Trinajstić information content (AvgIpc) is 2.99. The zero-order valence-electron chi connectivity index (χ0n) is 12.4. The van der Waals surface area contributed by atoms with Crippen LogP contribution in [0.3, 0.4) is 0 Å². The van der Waals surface area contributed by atoms with Gasteiger partial charge in [0.25, 0.3) is 0 Å². The van der Waals surface area contributed by atoms with E-state index in [1.807, 2.05) is 17.2 Å². The third-order valence-electron chi connectivity index (χ3n) is 3.49. The first-order valence-electron chi connectivity index (χ1n) is 7.18. The van der Waals surface area contributed by atoms with E-state index in [0.717, 1.165) is 29.7 Å². The van der Waals surface area contributed by atoms with E-state index in [4.69, 9.17) is 0 Å². The van der Waals surface area contributed by atoms with Gasteiger partial charge in [0, 0.05) is 44.0 Å². The largest absolute Gasteiger partial charge is 0.337 e. The molecule has 0 radical (unpaired) electrons. The smallest absolute Gasteiger partial charge is 0.317 e. The van der Waals surface area contributed by atoms with E-state index in [-0.39, 0.29) is 6.03 Å². The number of nitrogens with zero attached hydrogens (tertiary/aromatic N) is 5. The molecule has 2 amide bonds. The van der Waals surface area contributed by atoms with Gasteiger partial charge in [-0.05, 0) is 13.0 Å². The number of thiazole rings is 1. The van der Waals surface area contributed by atoms with Crippen molar-refractivity contribution in [3.05, 3.63) is 34.5 Å². The Bertz CT molecular complexity index is 623. The lowest BCUT2D eigenvalue weighted by molar-refractivity contribution is 0.193. The van der Waals surface area contributed by atoms with Crippen molar-refractivity contribution < 1.29 is 4.79 Å². The lowest BCUT2D eigenvalue weighted by Gasteiger charge is -2.34. The monoisotopic (exact) mass is 318 g/mol. The van der Waals surface area contributed by atoms with Crippen LogP contribution in [0, 0.1) is 6.92 Å². The van der Waals surface area contributed by atoms with Gasteiger partial charge in [-0.15, -0.1) is 11.3 Å². The molecule has 1 fully saturated rings. The molecule has 1 aliphatic heterocycles. The molecule has 1 saturated heterocycles. The molecule has 8 heteroatoms. The minimum absolute atomic E-state index is 0.0423. The third kappa shape index (κ3) is 3.51. The lowest BCUT2D eigenvalue weighted by atomic mass is 10.3. The first kappa shape index (κ1) is 14.7. The van der Waals surface area contributed by atoms with Gasteiger partial charge in [-0.25, -0.2) is 19.7 Å². The number of aryl methyl sites for hydroxylation is 1. The van der Waals surface area contributed by atoms with Crippen molar-refractivity contribution >= 4 is 23.3 Å². The Hall–Kier alpha value is -2.22. The van der Waals surface area contributed by atoms with Crippen LogP contribution in [0.2, 0.25) is 0 Å². The Morgan fingerprint density at radius 3 is 2.64 bits per heavy atom. The van der Waals surface area contributed by atoms with Crippen LogP contribution in [-0.4, -0.2) is 52.1 Å². The molecule has 7 nitrogen and oxygen atoms in total. The number of aromatic nitrogens is 3. The number of hydrogen-bond donors (Lipinski definition) is 1. The summed E-state index contributed by atoms with van der Waals surface area (Å²) in [7, 11) is 0. The minimum atomic E-state index is -0.0423. The van der Waals surface area contributed by atoms with Gasteiger partial charge in [0.1, 0.15) is 0 Å². The van der Waals surface area contributed by atoms with Crippen molar-refractivity contribution in [2.75, 3.05) is 31.1 Å². The van der Waals surface area contributed by atoms with Gasteiger partial charge in [-0.3, -0.25) is 0 Å². The Balaban J connectivity index is 1.47. The van der Waals surface area contributed by atoms with Gasteiger partial charge in [-0.1, -0.05) is 0 Å². The van der Waals surface area contributed by atoms with E-state index < -0.39 is 0 Å². The fraction of sp³-hybridized carbons (Fsp3) is 0.429. The van der Waals surface area contributed by atoms with Crippen LogP contribution in [0.5, 0.6) is 0 Å². The van der Waals surface area contributed by atoms with Crippen LogP contribution in [0.25, 0.3) is 0 Å². The van der Waals surface area contributed by atoms with Gasteiger partial charge in [0.05, 0.1) is 17.2 Å². The summed E-state index contributed by atoms with van der Waals surface area (Å²) in [6, 6.07) is 1.76. The zero-order valence-corrected chi connectivity index (χ0v) is 13.2. The molecule has 3 heterocycles. The first-order chi connectivity index (χ1) is 10.7. The summed E-state index contributed by atoms with van der Waals surface area (Å²) in [5.41, 5.74) is 0.909. The second-order valence-corrected chi connectivity index (χ2v) is 6.10. The van der Waals surface area contributed by atoms with Gasteiger partial charge in [0.2, 0.25) is 5.95 Å².